The molecule has 0 aromatic carbocycles. The van der Waals surface area contributed by atoms with E-state index in [9.17, 15) is 0 Å². The number of hydrogen-bond acceptors (Lipinski definition) is 5. The van der Waals surface area contributed by atoms with E-state index in [2.05, 4.69) is 41.2 Å². The van der Waals surface area contributed by atoms with Crippen molar-refractivity contribution in [3.05, 3.63) is 5.89 Å². The first kappa shape index (κ1) is 14.3. The molecule has 1 saturated carbocycles. The van der Waals surface area contributed by atoms with Crippen molar-refractivity contribution in [2.24, 2.45) is 0 Å². The van der Waals surface area contributed by atoms with Gasteiger partial charge in [-0.25, -0.2) is 0 Å². The lowest BCUT2D eigenvalue weighted by atomic mass is 10.2. The lowest BCUT2D eigenvalue weighted by Gasteiger charge is -2.24. The zero-order chi connectivity index (χ0) is 13.7. The van der Waals surface area contributed by atoms with E-state index in [4.69, 9.17) is 4.42 Å². The Hall–Kier alpha value is -1.10. The number of nitrogens with one attached hydrogen (secondary N) is 1. The number of hydrogen-bond donors (Lipinski definition) is 1. The molecule has 0 aliphatic heterocycles. The van der Waals surface area contributed by atoms with Crippen molar-refractivity contribution in [3.63, 3.8) is 0 Å². The molecule has 0 bridgehead atoms. The topological polar surface area (TPSA) is 54.2 Å². The fraction of sp³-hybridized carbons (Fsp3) is 0.857. The average Bonchev–Trinajstić information content (AvgIpc) is 3.10. The molecule has 1 aliphatic rings. The van der Waals surface area contributed by atoms with E-state index in [1.807, 2.05) is 0 Å². The monoisotopic (exact) mass is 266 g/mol. The fourth-order valence-corrected chi connectivity index (χ4v) is 2.06. The molecule has 0 amide bonds. The third-order valence-corrected chi connectivity index (χ3v) is 3.45. The zero-order valence-electron chi connectivity index (χ0n) is 12.4. The number of unbranched alkanes of at least 4 members (excludes halogenated alkanes) is 2. The molecule has 19 heavy (non-hydrogen) atoms. The van der Waals surface area contributed by atoms with Gasteiger partial charge in [-0.15, -0.1) is 5.10 Å². The van der Waals surface area contributed by atoms with Crippen molar-refractivity contribution in [1.29, 1.82) is 0 Å². The van der Waals surface area contributed by atoms with Crippen LogP contribution in [0.1, 0.15) is 58.8 Å². The molecule has 1 fully saturated rings. The quantitative estimate of drug-likeness (QED) is 0.696. The van der Waals surface area contributed by atoms with Gasteiger partial charge >= 0.3 is 6.01 Å². The van der Waals surface area contributed by atoms with E-state index in [1.165, 1.54) is 32.1 Å². The smallest absolute Gasteiger partial charge is 0.318 e. The number of anilines is 1. The minimum atomic E-state index is 0.390. The highest BCUT2D eigenvalue weighted by atomic mass is 16.4. The van der Waals surface area contributed by atoms with Crippen LogP contribution in [0.3, 0.4) is 0 Å². The van der Waals surface area contributed by atoms with Gasteiger partial charge in [0.15, 0.2) is 0 Å². The van der Waals surface area contributed by atoms with E-state index in [0.717, 1.165) is 6.54 Å². The molecule has 5 heteroatoms. The van der Waals surface area contributed by atoms with Crippen LogP contribution in [-0.4, -0.2) is 28.8 Å². The van der Waals surface area contributed by atoms with Crippen molar-refractivity contribution in [2.45, 2.75) is 71.5 Å². The highest BCUT2D eigenvalue weighted by molar-refractivity contribution is 5.25. The first-order valence-corrected chi connectivity index (χ1v) is 7.53. The summed E-state index contributed by atoms with van der Waals surface area (Å²) in [6.45, 7) is 8.23. The summed E-state index contributed by atoms with van der Waals surface area (Å²) in [7, 11) is 0. The van der Waals surface area contributed by atoms with E-state index >= 15 is 0 Å². The Morgan fingerprint density at radius 3 is 2.74 bits per heavy atom. The van der Waals surface area contributed by atoms with Crippen LogP contribution in [0, 0.1) is 0 Å². The summed E-state index contributed by atoms with van der Waals surface area (Å²) in [5.74, 6) is 0.697. The molecule has 5 nitrogen and oxygen atoms in total. The third kappa shape index (κ3) is 4.49. The average molecular weight is 266 g/mol. The zero-order valence-corrected chi connectivity index (χ0v) is 12.4. The molecular formula is C14H26N4O. The molecule has 0 atom stereocenters. The molecule has 1 aromatic heterocycles. The molecule has 0 unspecified atom stereocenters. The Morgan fingerprint density at radius 2 is 2.11 bits per heavy atom. The van der Waals surface area contributed by atoms with E-state index in [1.54, 1.807) is 0 Å². The first-order chi connectivity index (χ1) is 9.20. The predicted octanol–water partition coefficient (Wildman–Crippen LogP) is 2.73. The van der Waals surface area contributed by atoms with Gasteiger partial charge in [0.25, 0.3) is 0 Å². The normalized spacial score (nSPS) is 15.2. The maximum absolute atomic E-state index is 5.76. The Labute approximate surface area is 115 Å². The van der Waals surface area contributed by atoms with Crippen LogP contribution in [0.4, 0.5) is 6.01 Å². The van der Waals surface area contributed by atoms with Crippen LogP contribution in [-0.2, 0) is 6.54 Å². The van der Waals surface area contributed by atoms with Gasteiger partial charge in [0, 0.05) is 18.6 Å². The maximum Gasteiger partial charge on any atom is 0.318 e. The molecule has 1 N–H and O–H groups in total. The van der Waals surface area contributed by atoms with Crippen LogP contribution in [0.2, 0.25) is 0 Å². The van der Waals surface area contributed by atoms with Crippen LogP contribution >= 0.6 is 0 Å². The molecule has 1 aliphatic carbocycles. The van der Waals surface area contributed by atoms with Gasteiger partial charge in [0.1, 0.15) is 0 Å². The van der Waals surface area contributed by atoms with Crippen molar-refractivity contribution in [1.82, 2.24) is 15.5 Å². The standard InChI is InChI=1S/C14H26N4O/c1-4-5-6-9-18(11(2)3)14-17-16-13(19-14)10-15-12-7-8-12/h11-12,15H,4-10H2,1-3H3. The minimum Gasteiger partial charge on any atom is -0.407 e. The molecular weight excluding hydrogens is 240 g/mol. The molecule has 1 heterocycles. The van der Waals surface area contributed by atoms with Gasteiger partial charge in [-0.05, 0) is 33.1 Å². The summed E-state index contributed by atoms with van der Waals surface area (Å²) in [6.07, 6.45) is 6.19. The summed E-state index contributed by atoms with van der Waals surface area (Å²) < 4.78 is 5.76. The summed E-state index contributed by atoms with van der Waals surface area (Å²) >= 11 is 0. The largest absolute Gasteiger partial charge is 0.407 e. The summed E-state index contributed by atoms with van der Waals surface area (Å²) in [5, 5.41) is 11.7. The third-order valence-electron chi connectivity index (χ3n) is 3.45. The minimum absolute atomic E-state index is 0.390. The predicted molar refractivity (Wildman–Crippen MR) is 76.2 cm³/mol. The second-order valence-corrected chi connectivity index (χ2v) is 5.63. The first-order valence-electron chi connectivity index (χ1n) is 7.53. The Kier molecular flexibility index (Phi) is 5.19. The number of nitrogens with zero attached hydrogens (tertiary/aromatic N) is 3. The van der Waals surface area contributed by atoms with Crippen LogP contribution in [0.5, 0.6) is 0 Å². The Morgan fingerprint density at radius 1 is 1.32 bits per heavy atom. The summed E-state index contributed by atoms with van der Waals surface area (Å²) in [6, 6.07) is 1.72. The van der Waals surface area contributed by atoms with Gasteiger partial charge in [-0.2, -0.15) is 0 Å². The van der Waals surface area contributed by atoms with Crippen LogP contribution in [0.15, 0.2) is 4.42 Å². The van der Waals surface area contributed by atoms with Crippen molar-refractivity contribution >= 4 is 6.01 Å². The second-order valence-electron chi connectivity index (χ2n) is 5.63. The highest BCUT2D eigenvalue weighted by Gasteiger charge is 2.22. The molecule has 1 aromatic rings. The van der Waals surface area contributed by atoms with Gasteiger partial charge < -0.3 is 14.6 Å². The van der Waals surface area contributed by atoms with Crippen molar-refractivity contribution in [3.8, 4) is 0 Å². The Balaban J connectivity index is 1.88. The lowest BCUT2D eigenvalue weighted by Crippen LogP contribution is -2.32. The molecule has 0 radical (unpaired) electrons. The molecule has 0 saturated heterocycles. The van der Waals surface area contributed by atoms with Crippen molar-refractivity contribution in [2.75, 3.05) is 11.4 Å². The summed E-state index contributed by atoms with van der Waals surface area (Å²) in [5.41, 5.74) is 0. The van der Waals surface area contributed by atoms with Gasteiger partial charge in [-0.3, -0.25) is 0 Å². The van der Waals surface area contributed by atoms with E-state index in [-0.39, 0.29) is 0 Å². The molecule has 0 spiro atoms. The second kappa shape index (κ2) is 6.89. The number of aromatic nitrogens is 2. The van der Waals surface area contributed by atoms with Crippen molar-refractivity contribution < 1.29 is 4.42 Å². The molecule has 108 valence electrons. The summed E-state index contributed by atoms with van der Waals surface area (Å²) in [4.78, 5) is 2.20. The lowest BCUT2D eigenvalue weighted by molar-refractivity contribution is 0.448. The van der Waals surface area contributed by atoms with Gasteiger partial charge in [-0.1, -0.05) is 24.9 Å². The van der Waals surface area contributed by atoms with Gasteiger partial charge in [0.2, 0.25) is 5.89 Å². The number of rotatable bonds is 9. The molecule has 2 rings (SSSR count). The van der Waals surface area contributed by atoms with E-state index < -0.39 is 0 Å². The SMILES string of the molecule is CCCCCN(c1nnc(CNC2CC2)o1)C(C)C. The maximum atomic E-state index is 5.76. The highest BCUT2D eigenvalue weighted by Crippen LogP contribution is 2.20. The van der Waals surface area contributed by atoms with E-state index in [0.29, 0.717) is 30.5 Å². The van der Waals surface area contributed by atoms with Gasteiger partial charge in [0.05, 0.1) is 6.54 Å². The van der Waals surface area contributed by atoms with Crippen LogP contribution < -0.4 is 10.2 Å². The van der Waals surface area contributed by atoms with Crippen LogP contribution in [0.25, 0.3) is 0 Å². The Bertz CT molecular complexity index is 373. The fourth-order valence-electron chi connectivity index (χ4n) is 2.06.